The zero-order chi connectivity index (χ0) is 19.5. The number of benzene rings is 2. The van der Waals surface area contributed by atoms with Gasteiger partial charge in [0.1, 0.15) is 11.6 Å². The minimum absolute atomic E-state index is 0.245. The van der Waals surface area contributed by atoms with Crippen LogP contribution in [0.15, 0.2) is 60.8 Å². The number of hydrogen-bond acceptors (Lipinski definition) is 4. The van der Waals surface area contributed by atoms with Crippen LogP contribution in [0.2, 0.25) is 5.02 Å². The van der Waals surface area contributed by atoms with Gasteiger partial charge in [0.15, 0.2) is 0 Å². The number of anilines is 1. The van der Waals surface area contributed by atoms with Gasteiger partial charge in [-0.25, -0.2) is 4.98 Å². The number of rotatable bonds is 5. The molecular weight excluding hydrogens is 372 g/mol. The third-order valence-corrected chi connectivity index (χ3v) is 5.34. The second kappa shape index (κ2) is 8.21. The minimum atomic E-state index is -0.245. The molecule has 1 aliphatic heterocycles. The van der Waals surface area contributed by atoms with E-state index in [9.17, 15) is 5.11 Å². The van der Waals surface area contributed by atoms with E-state index in [1.165, 1.54) is 5.56 Å². The van der Waals surface area contributed by atoms with E-state index in [-0.39, 0.29) is 6.10 Å². The number of pyridine rings is 1. The Bertz CT molecular complexity index is 959. The van der Waals surface area contributed by atoms with E-state index in [0.29, 0.717) is 11.6 Å². The quantitative estimate of drug-likeness (QED) is 0.688. The normalized spacial score (nSPS) is 16.4. The second-order valence-corrected chi connectivity index (χ2v) is 7.57. The van der Waals surface area contributed by atoms with Crippen molar-refractivity contribution in [3.05, 3.63) is 76.9 Å². The summed E-state index contributed by atoms with van der Waals surface area (Å²) in [6.07, 6.45) is 3.27. The number of nitrogens with zero attached hydrogens (tertiary/aromatic N) is 2. The number of aliphatic hydroxyl groups excluding tert-OH is 1. The standard InChI is InChI=1S/C23H23ClN2O2/c1-28-22-7-5-16(12-21(22)18-3-2-4-19(24)13-18)11-17-6-8-23(25-14-17)26-10-9-20(27)15-26/h2-8,12-14,20,27H,9-11,15H2,1H3. The van der Waals surface area contributed by atoms with Crippen LogP contribution in [0.3, 0.4) is 0 Å². The Kier molecular flexibility index (Phi) is 5.51. The molecule has 5 heteroatoms. The van der Waals surface area contributed by atoms with Crippen LogP contribution in [0.25, 0.3) is 11.1 Å². The molecule has 1 fully saturated rings. The van der Waals surface area contributed by atoms with Crippen LogP contribution < -0.4 is 9.64 Å². The number of aliphatic hydroxyl groups is 1. The Balaban J connectivity index is 1.56. The maximum absolute atomic E-state index is 9.70. The molecule has 1 unspecified atom stereocenters. The molecule has 0 aliphatic carbocycles. The van der Waals surface area contributed by atoms with Crippen LogP contribution in [0.4, 0.5) is 5.82 Å². The Morgan fingerprint density at radius 3 is 2.68 bits per heavy atom. The van der Waals surface area contributed by atoms with Gasteiger partial charge in [-0.05, 0) is 59.9 Å². The molecule has 0 spiro atoms. The van der Waals surface area contributed by atoms with Gasteiger partial charge in [-0.15, -0.1) is 0 Å². The van der Waals surface area contributed by atoms with Gasteiger partial charge in [0.05, 0.1) is 13.2 Å². The topological polar surface area (TPSA) is 45.6 Å². The monoisotopic (exact) mass is 394 g/mol. The van der Waals surface area contributed by atoms with Gasteiger partial charge in [-0.2, -0.15) is 0 Å². The van der Waals surface area contributed by atoms with Crippen molar-refractivity contribution in [3.8, 4) is 16.9 Å². The highest BCUT2D eigenvalue weighted by molar-refractivity contribution is 6.30. The van der Waals surface area contributed by atoms with Crippen molar-refractivity contribution in [1.82, 2.24) is 4.98 Å². The van der Waals surface area contributed by atoms with E-state index in [1.807, 2.05) is 42.6 Å². The number of β-amino-alcohol motifs (C(OH)–C–C–N with tert-alkyl or cyclic N) is 1. The van der Waals surface area contributed by atoms with Crippen LogP contribution >= 0.6 is 11.6 Å². The molecule has 0 amide bonds. The van der Waals surface area contributed by atoms with Gasteiger partial charge in [-0.1, -0.05) is 35.9 Å². The number of halogens is 1. The molecule has 0 bridgehead atoms. The van der Waals surface area contributed by atoms with E-state index in [0.717, 1.165) is 47.6 Å². The summed E-state index contributed by atoms with van der Waals surface area (Å²) in [6, 6.07) is 18.2. The lowest BCUT2D eigenvalue weighted by atomic mass is 9.99. The van der Waals surface area contributed by atoms with Crippen molar-refractivity contribution in [2.24, 2.45) is 0 Å². The zero-order valence-corrected chi connectivity index (χ0v) is 16.6. The van der Waals surface area contributed by atoms with Crippen LogP contribution in [0.5, 0.6) is 5.75 Å². The Morgan fingerprint density at radius 2 is 2.00 bits per heavy atom. The first-order chi connectivity index (χ1) is 13.6. The predicted octanol–water partition coefficient (Wildman–Crippen LogP) is 4.57. The van der Waals surface area contributed by atoms with E-state index < -0.39 is 0 Å². The SMILES string of the molecule is COc1ccc(Cc2ccc(N3CCC(O)C3)nc2)cc1-c1cccc(Cl)c1. The largest absolute Gasteiger partial charge is 0.496 e. The maximum Gasteiger partial charge on any atom is 0.128 e. The highest BCUT2D eigenvalue weighted by Gasteiger charge is 2.21. The lowest BCUT2D eigenvalue weighted by Crippen LogP contribution is -2.22. The molecule has 1 N–H and O–H groups in total. The molecule has 0 radical (unpaired) electrons. The summed E-state index contributed by atoms with van der Waals surface area (Å²) < 4.78 is 5.54. The zero-order valence-electron chi connectivity index (χ0n) is 15.8. The first-order valence-electron chi connectivity index (χ1n) is 9.43. The fourth-order valence-electron chi connectivity index (χ4n) is 3.64. The van der Waals surface area contributed by atoms with Gasteiger partial charge in [0.25, 0.3) is 0 Å². The van der Waals surface area contributed by atoms with Crippen molar-refractivity contribution >= 4 is 17.4 Å². The summed E-state index contributed by atoms with van der Waals surface area (Å²) in [5.74, 6) is 1.75. The summed E-state index contributed by atoms with van der Waals surface area (Å²) in [7, 11) is 1.68. The van der Waals surface area contributed by atoms with Crippen LogP contribution in [-0.2, 0) is 6.42 Å². The van der Waals surface area contributed by atoms with Gasteiger partial charge in [-0.3, -0.25) is 0 Å². The first kappa shape index (κ1) is 18.8. The molecular formula is C23H23ClN2O2. The number of ether oxygens (including phenoxy) is 1. The molecule has 144 valence electrons. The molecule has 4 nitrogen and oxygen atoms in total. The van der Waals surface area contributed by atoms with Gasteiger partial charge < -0.3 is 14.7 Å². The molecule has 3 aromatic rings. The van der Waals surface area contributed by atoms with Crippen molar-refractivity contribution in [3.63, 3.8) is 0 Å². The molecule has 2 heterocycles. The average Bonchev–Trinajstić information content (AvgIpc) is 3.15. The van der Waals surface area contributed by atoms with Crippen molar-refractivity contribution in [1.29, 1.82) is 0 Å². The summed E-state index contributed by atoms with van der Waals surface area (Å²) in [5.41, 5.74) is 4.39. The lowest BCUT2D eigenvalue weighted by Gasteiger charge is -2.16. The van der Waals surface area contributed by atoms with Crippen molar-refractivity contribution in [2.45, 2.75) is 18.9 Å². The van der Waals surface area contributed by atoms with E-state index in [2.05, 4.69) is 28.1 Å². The third-order valence-electron chi connectivity index (χ3n) is 5.10. The molecule has 1 aliphatic rings. The second-order valence-electron chi connectivity index (χ2n) is 7.13. The Morgan fingerprint density at radius 1 is 1.14 bits per heavy atom. The van der Waals surface area contributed by atoms with Crippen molar-refractivity contribution < 1.29 is 9.84 Å². The van der Waals surface area contributed by atoms with E-state index in [1.54, 1.807) is 7.11 Å². The highest BCUT2D eigenvalue weighted by Crippen LogP contribution is 2.33. The smallest absolute Gasteiger partial charge is 0.128 e. The molecule has 0 saturated carbocycles. The molecule has 28 heavy (non-hydrogen) atoms. The number of aromatic nitrogens is 1. The van der Waals surface area contributed by atoms with E-state index in [4.69, 9.17) is 16.3 Å². The number of hydrogen-bond donors (Lipinski definition) is 1. The fraction of sp³-hybridized carbons (Fsp3) is 0.261. The lowest BCUT2D eigenvalue weighted by molar-refractivity contribution is 0.198. The van der Waals surface area contributed by atoms with Gasteiger partial charge >= 0.3 is 0 Å². The molecule has 2 aromatic carbocycles. The molecule has 1 saturated heterocycles. The minimum Gasteiger partial charge on any atom is -0.496 e. The number of methoxy groups -OCH3 is 1. The van der Waals surface area contributed by atoms with E-state index >= 15 is 0 Å². The molecule has 4 rings (SSSR count). The Hall–Kier alpha value is -2.56. The van der Waals surface area contributed by atoms with Crippen LogP contribution in [0, 0.1) is 0 Å². The van der Waals surface area contributed by atoms with Crippen molar-refractivity contribution in [2.75, 3.05) is 25.1 Å². The third kappa shape index (κ3) is 4.13. The Labute approximate surface area is 170 Å². The first-order valence-corrected chi connectivity index (χ1v) is 9.81. The maximum atomic E-state index is 9.70. The summed E-state index contributed by atoms with van der Waals surface area (Å²) in [5, 5.41) is 10.4. The van der Waals surface area contributed by atoms with Gasteiger partial charge in [0.2, 0.25) is 0 Å². The molecule has 1 aromatic heterocycles. The summed E-state index contributed by atoms with van der Waals surface area (Å²) in [6.45, 7) is 1.52. The highest BCUT2D eigenvalue weighted by atomic mass is 35.5. The van der Waals surface area contributed by atoms with Gasteiger partial charge in [0, 0.05) is 29.9 Å². The molecule has 1 atom stereocenters. The average molecular weight is 395 g/mol. The summed E-state index contributed by atoms with van der Waals surface area (Å²) in [4.78, 5) is 6.71. The summed E-state index contributed by atoms with van der Waals surface area (Å²) >= 11 is 6.17. The van der Waals surface area contributed by atoms with Crippen LogP contribution in [-0.4, -0.2) is 36.4 Å². The van der Waals surface area contributed by atoms with Crippen LogP contribution in [0.1, 0.15) is 17.5 Å². The fourth-order valence-corrected chi connectivity index (χ4v) is 3.83. The predicted molar refractivity (Wildman–Crippen MR) is 113 cm³/mol.